The second-order valence-electron chi connectivity index (χ2n) is 7.30. The molecule has 1 N–H and O–H groups in total. The normalized spacial score (nSPS) is 11.8. The van der Waals surface area contributed by atoms with Crippen molar-refractivity contribution >= 4 is 55.5 Å². The molecule has 0 saturated carbocycles. The van der Waals surface area contributed by atoms with Gasteiger partial charge in [-0.1, -0.05) is 37.6 Å². The number of carbonyl (C=O) groups is 1. The molecule has 2 aromatic heterocycles. The summed E-state index contributed by atoms with van der Waals surface area (Å²) in [5.41, 5.74) is 2.49. The Bertz CT molecular complexity index is 1420. The number of sulfonamides is 1. The lowest BCUT2D eigenvalue weighted by molar-refractivity contribution is 0.102. The number of amides is 1. The van der Waals surface area contributed by atoms with Crippen molar-refractivity contribution in [1.82, 2.24) is 9.29 Å². The molecule has 33 heavy (non-hydrogen) atoms. The van der Waals surface area contributed by atoms with Gasteiger partial charge in [0.15, 0.2) is 0 Å². The zero-order valence-corrected chi connectivity index (χ0v) is 20.5. The van der Waals surface area contributed by atoms with Crippen LogP contribution >= 0.6 is 22.9 Å². The van der Waals surface area contributed by atoms with Crippen molar-refractivity contribution in [2.75, 3.05) is 18.4 Å². The Balaban J connectivity index is 1.60. The van der Waals surface area contributed by atoms with Gasteiger partial charge in [0.1, 0.15) is 4.90 Å². The Hall–Kier alpha value is -2.78. The van der Waals surface area contributed by atoms with Gasteiger partial charge >= 0.3 is 0 Å². The van der Waals surface area contributed by atoms with Gasteiger partial charge in [0, 0.05) is 46.4 Å². The van der Waals surface area contributed by atoms with Crippen molar-refractivity contribution in [2.45, 2.75) is 18.7 Å². The Morgan fingerprint density at radius 3 is 2.58 bits per heavy atom. The Morgan fingerprint density at radius 1 is 1.09 bits per heavy atom. The van der Waals surface area contributed by atoms with Crippen molar-refractivity contribution in [3.63, 3.8) is 0 Å². The van der Waals surface area contributed by atoms with Crippen LogP contribution in [0.1, 0.15) is 24.2 Å². The molecule has 0 bridgehead atoms. The van der Waals surface area contributed by atoms with E-state index in [1.54, 1.807) is 49.6 Å². The maximum atomic E-state index is 12.9. The van der Waals surface area contributed by atoms with Crippen LogP contribution in [0.5, 0.6) is 0 Å². The number of nitrogens with one attached hydrogen (secondary N) is 1. The van der Waals surface area contributed by atoms with Crippen LogP contribution in [-0.4, -0.2) is 36.7 Å². The molecule has 0 spiro atoms. The molecule has 0 aliphatic heterocycles. The zero-order valence-electron chi connectivity index (χ0n) is 18.1. The van der Waals surface area contributed by atoms with Gasteiger partial charge in [-0.25, -0.2) is 8.42 Å². The van der Waals surface area contributed by atoms with E-state index in [0.29, 0.717) is 29.9 Å². The van der Waals surface area contributed by atoms with Gasteiger partial charge in [0.25, 0.3) is 5.91 Å². The van der Waals surface area contributed by atoms with Gasteiger partial charge in [0.05, 0.1) is 10.5 Å². The van der Waals surface area contributed by atoms with Crippen LogP contribution in [0.4, 0.5) is 5.69 Å². The molecule has 0 aliphatic carbocycles. The zero-order chi connectivity index (χ0) is 23.6. The highest BCUT2D eigenvalue weighted by Gasteiger charge is 2.25. The minimum atomic E-state index is -3.77. The van der Waals surface area contributed by atoms with Gasteiger partial charge in [-0.3, -0.25) is 9.78 Å². The van der Waals surface area contributed by atoms with E-state index in [9.17, 15) is 13.2 Å². The SMILES string of the molecule is CCN(CC)S(=O)(=O)c1cc(NC(=O)c2ccc3cc(-c4cccs4)cnc3c2)ccc1Cl. The maximum Gasteiger partial charge on any atom is 0.255 e. The summed E-state index contributed by atoms with van der Waals surface area (Å²) >= 11 is 7.82. The number of benzene rings is 2. The number of rotatable bonds is 7. The number of thiophene rings is 1. The second kappa shape index (κ2) is 9.61. The Labute approximate surface area is 201 Å². The minimum absolute atomic E-state index is 0.0352. The molecular weight excluding hydrogens is 478 g/mol. The Kier molecular flexibility index (Phi) is 6.81. The summed E-state index contributed by atoms with van der Waals surface area (Å²) < 4.78 is 27.1. The van der Waals surface area contributed by atoms with Gasteiger partial charge in [-0.2, -0.15) is 4.31 Å². The van der Waals surface area contributed by atoms with E-state index >= 15 is 0 Å². The molecule has 9 heteroatoms. The molecule has 2 heterocycles. The highest BCUT2D eigenvalue weighted by molar-refractivity contribution is 7.89. The lowest BCUT2D eigenvalue weighted by Gasteiger charge is -2.19. The number of anilines is 1. The smallest absolute Gasteiger partial charge is 0.255 e. The molecule has 0 radical (unpaired) electrons. The summed E-state index contributed by atoms with van der Waals surface area (Å²) in [6.45, 7) is 4.17. The molecule has 2 aromatic carbocycles. The number of pyridine rings is 1. The number of aromatic nitrogens is 1. The molecule has 6 nitrogen and oxygen atoms in total. The van der Waals surface area contributed by atoms with Gasteiger partial charge in [0.2, 0.25) is 10.0 Å². The molecule has 4 rings (SSSR count). The van der Waals surface area contributed by atoms with E-state index in [1.165, 1.54) is 16.4 Å². The fourth-order valence-corrected chi connectivity index (χ4v) is 6.19. The predicted molar refractivity (Wildman–Crippen MR) is 135 cm³/mol. The lowest BCUT2D eigenvalue weighted by Crippen LogP contribution is -2.30. The predicted octanol–water partition coefficient (Wildman–Crippen LogP) is 5.90. The van der Waals surface area contributed by atoms with Crippen LogP contribution in [-0.2, 0) is 10.0 Å². The van der Waals surface area contributed by atoms with Crippen molar-refractivity contribution < 1.29 is 13.2 Å². The van der Waals surface area contributed by atoms with E-state index < -0.39 is 10.0 Å². The molecule has 0 atom stereocenters. The van der Waals surface area contributed by atoms with Crippen molar-refractivity contribution in [2.24, 2.45) is 0 Å². The van der Waals surface area contributed by atoms with Gasteiger partial charge < -0.3 is 5.32 Å². The average molecular weight is 500 g/mol. The number of halogens is 1. The second-order valence-corrected chi connectivity index (χ2v) is 10.6. The first-order chi connectivity index (χ1) is 15.8. The van der Waals surface area contributed by atoms with Crippen LogP contribution in [0.25, 0.3) is 21.3 Å². The summed E-state index contributed by atoms with van der Waals surface area (Å²) in [5, 5.41) is 5.82. The number of hydrogen-bond donors (Lipinski definition) is 1. The van der Waals surface area contributed by atoms with Crippen LogP contribution in [0.15, 0.2) is 71.1 Å². The molecule has 0 saturated heterocycles. The fourth-order valence-electron chi connectivity index (χ4n) is 3.52. The van der Waals surface area contributed by atoms with Crippen LogP contribution in [0, 0.1) is 0 Å². The molecule has 0 fully saturated rings. The van der Waals surface area contributed by atoms with E-state index in [0.717, 1.165) is 15.8 Å². The molecule has 4 aromatic rings. The standard InChI is InChI=1S/C24H22ClN3O3S2/c1-3-28(4-2)33(30,31)23-14-19(9-10-20(23)25)27-24(29)17-8-7-16-12-18(15-26-21(16)13-17)22-6-5-11-32-22/h5-15H,3-4H2,1-2H3,(H,27,29). The summed E-state index contributed by atoms with van der Waals surface area (Å²) in [6.07, 6.45) is 1.79. The first-order valence-electron chi connectivity index (χ1n) is 10.4. The van der Waals surface area contributed by atoms with E-state index in [4.69, 9.17) is 11.6 Å². The Morgan fingerprint density at radius 2 is 1.88 bits per heavy atom. The van der Waals surface area contributed by atoms with E-state index in [1.807, 2.05) is 29.6 Å². The molecule has 170 valence electrons. The summed E-state index contributed by atoms with van der Waals surface area (Å²) in [4.78, 5) is 18.5. The summed E-state index contributed by atoms with van der Waals surface area (Å²) in [6, 6.07) is 15.8. The topological polar surface area (TPSA) is 79.4 Å². The molecule has 0 aliphatic rings. The first kappa shape index (κ1) is 23.4. The highest BCUT2D eigenvalue weighted by atomic mass is 35.5. The van der Waals surface area contributed by atoms with Gasteiger partial charge in [-0.05, 0) is 47.8 Å². The maximum absolute atomic E-state index is 12.9. The van der Waals surface area contributed by atoms with Crippen molar-refractivity contribution in [1.29, 1.82) is 0 Å². The monoisotopic (exact) mass is 499 g/mol. The van der Waals surface area contributed by atoms with Crippen LogP contribution in [0.2, 0.25) is 5.02 Å². The van der Waals surface area contributed by atoms with Crippen LogP contribution in [0.3, 0.4) is 0 Å². The molecular formula is C24H22ClN3O3S2. The highest BCUT2D eigenvalue weighted by Crippen LogP contribution is 2.29. The third kappa shape index (κ3) is 4.79. The summed E-state index contributed by atoms with van der Waals surface area (Å²) in [5.74, 6) is -0.366. The quantitative estimate of drug-likeness (QED) is 0.343. The molecule has 1 amide bonds. The fraction of sp³-hybridized carbons (Fsp3) is 0.167. The first-order valence-corrected chi connectivity index (χ1v) is 13.1. The van der Waals surface area contributed by atoms with Crippen molar-refractivity contribution in [3.8, 4) is 10.4 Å². The van der Waals surface area contributed by atoms with Crippen LogP contribution < -0.4 is 5.32 Å². The van der Waals surface area contributed by atoms with E-state index in [2.05, 4.69) is 10.3 Å². The lowest BCUT2D eigenvalue weighted by atomic mass is 10.1. The minimum Gasteiger partial charge on any atom is -0.322 e. The third-order valence-electron chi connectivity index (χ3n) is 5.26. The third-order valence-corrected chi connectivity index (χ3v) is 8.71. The van der Waals surface area contributed by atoms with Gasteiger partial charge in [-0.15, -0.1) is 11.3 Å². The summed E-state index contributed by atoms with van der Waals surface area (Å²) in [7, 11) is -3.77. The number of hydrogen-bond acceptors (Lipinski definition) is 5. The number of carbonyl (C=O) groups excluding carboxylic acids is 1. The number of fused-ring (bicyclic) bond motifs is 1. The molecule has 0 unspecified atom stereocenters. The van der Waals surface area contributed by atoms with Crippen molar-refractivity contribution in [3.05, 3.63) is 76.8 Å². The average Bonchev–Trinajstić information content (AvgIpc) is 3.35. The number of nitrogens with zero attached hydrogens (tertiary/aromatic N) is 2. The van der Waals surface area contributed by atoms with E-state index in [-0.39, 0.29) is 15.8 Å². The largest absolute Gasteiger partial charge is 0.322 e.